The van der Waals surface area contributed by atoms with Crippen molar-refractivity contribution in [2.45, 2.75) is 18.9 Å². The van der Waals surface area contributed by atoms with E-state index in [-0.39, 0.29) is 17.8 Å². The van der Waals surface area contributed by atoms with Crippen LogP contribution in [0.3, 0.4) is 0 Å². The molecule has 0 aromatic heterocycles. The van der Waals surface area contributed by atoms with Crippen LogP contribution in [0.15, 0.2) is 35.5 Å². The Morgan fingerprint density at radius 2 is 1.88 bits per heavy atom. The van der Waals surface area contributed by atoms with E-state index >= 15 is 0 Å². The summed E-state index contributed by atoms with van der Waals surface area (Å²) in [7, 11) is 1.69. The maximum absolute atomic E-state index is 13.3. The van der Waals surface area contributed by atoms with Crippen molar-refractivity contribution in [3.05, 3.63) is 46.9 Å². The molecule has 7 heteroatoms. The van der Waals surface area contributed by atoms with Crippen LogP contribution in [0.2, 0.25) is 0 Å². The number of hydrogen-bond donors (Lipinski definition) is 2. The Morgan fingerprint density at radius 1 is 1.19 bits per heavy atom. The van der Waals surface area contributed by atoms with Crippen LogP contribution in [-0.2, 0) is 4.79 Å². The maximum atomic E-state index is 13.3. The fourth-order valence-electron chi connectivity index (χ4n) is 4.13. The van der Waals surface area contributed by atoms with E-state index in [4.69, 9.17) is 0 Å². The molecule has 1 fully saturated rings. The van der Waals surface area contributed by atoms with Crippen LogP contribution in [0.4, 0.5) is 9.18 Å². The molecule has 0 unspecified atom stereocenters. The summed E-state index contributed by atoms with van der Waals surface area (Å²) in [6.07, 6.45) is 2.51. The van der Waals surface area contributed by atoms with Gasteiger partial charge in [0.15, 0.2) is 0 Å². The van der Waals surface area contributed by atoms with Crippen molar-refractivity contribution in [3.63, 3.8) is 0 Å². The van der Waals surface area contributed by atoms with E-state index in [1.165, 1.54) is 43.0 Å². The minimum Gasteiger partial charge on any atom is -0.333 e. The second-order valence-electron chi connectivity index (χ2n) is 7.29. The highest BCUT2D eigenvalue weighted by Gasteiger charge is 2.43. The monoisotopic (exact) mass is 359 g/mol. The Hall–Kier alpha value is -2.41. The van der Waals surface area contributed by atoms with Crippen LogP contribution in [-0.4, -0.2) is 61.5 Å². The number of carbonyl (C=O) groups is 2. The molecule has 0 saturated carbocycles. The number of nitrogens with one attached hydrogen (secondary N) is 2. The molecule has 1 aromatic rings. The van der Waals surface area contributed by atoms with Gasteiger partial charge in [-0.3, -0.25) is 9.69 Å². The molecule has 4 rings (SSSR count). The lowest BCUT2D eigenvalue weighted by molar-refractivity contribution is -0.886. The number of nitrogens with zero attached hydrogens (tertiary/aromatic N) is 2. The normalized spacial score (nSPS) is 23.7. The predicted octanol–water partition coefficient (Wildman–Crippen LogP) is 0.297. The predicted molar refractivity (Wildman–Crippen MR) is 93.8 cm³/mol. The summed E-state index contributed by atoms with van der Waals surface area (Å²) in [4.78, 5) is 30.3. The van der Waals surface area contributed by atoms with Crippen molar-refractivity contribution < 1.29 is 18.9 Å². The highest BCUT2D eigenvalue weighted by molar-refractivity contribution is 6.01. The molecule has 2 N–H and O–H groups in total. The van der Waals surface area contributed by atoms with E-state index < -0.39 is 6.04 Å². The molecule has 138 valence electrons. The third-order valence-electron chi connectivity index (χ3n) is 5.68. The molecule has 6 nitrogen and oxygen atoms in total. The first-order valence-corrected chi connectivity index (χ1v) is 9.20. The number of quaternary nitrogens is 1. The SMILES string of the molecule is CN1C(=O)N[C@H](c2ccc(F)cc2)C2=C1CN(CC[NH+]1CCCC1)C2=O. The molecule has 1 aromatic carbocycles. The fourth-order valence-corrected chi connectivity index (χ4v) is 4.13. The number of hydrogen-bond acceptors (Lipinski definition) is 2. The van der Waals surface area contributed by atoms with Gasteiger partial charge in [-0.2, -0.15) is 0 Å². The second-order valence-corrected chi connectivity index (χ2v) is 7.29. The first kappa shape index (κ1) is 17.0. The lowest BCUT2D eigenvalue weighted by Gasteiger charge is -2.31. The molecular formula is C19H24FN4O2+. The van der Waals surface area contributed by atoms with Gasteiger partial charge in [-0.15, -0.1) is 0 Å². The Labute approximate surface area is 152 Å². The molecule has 3 amide bonds. The van der Waals surface area contributed by atoms with Crippen LogP contribution in [0.1, 0.15) is 24.4 Å². The highest BCUT2D eigenvalue weighted by Crippen LogP contribution is 2.35. The minimum atomic E-state index is -0.522. The molecule has 0 aliphatic carbocycles. The third kappa shape index (κ3) is 2.96. The van der Waals surface area contributed by atoms with Gasteiger partial charge in [0.1, 0.15) is 5.82 Å². The standard InChI is InChI=1S/C19H23FN4O2/c1-22-15-12-24(11-10-23-8-2-3-9-23)18(25)16(15)17(21-19(22)26)13-4-6-14(20)7-5-13/h4-7,17H,2-3,8-12H2,1H3,(H,21,26)/p+1/t17-/m1/s1. The first-order chi connectivity index (χ1) is 12.5. The summed E-state index contributed by atoms with van der Waals surface area (Å²) in [5.74, 6) is -0.366. The van der Waals surface area contributed by atoms with Crippen LogP contribution in [0, 0.1) is 5.82 Å². The quantitative estimate of drug-likeness (QED) is 0.812. The van der Waals surface area contributed by atoms with Gasteiger partial charge in [0, 0.05) is 19.9 Å². The first-order valence-electron chi connectivity index (χ1n) is 9.20. The van der Waals surface area contributed by atoms with Gasteiger partial charge < -0.3 is 15.1 Å². The second kappa shape index (κ2) is 6.72. The van der Waals surface area contributed by atoms with Gasteiger partial charge in [0.2, 0.25) is 0 Å². The molecule has 0 spiro atoms. The summed E-state index contributed by atoms with van der Waals surface area (Å²) in [6, 6.07) is 5.20. The van der Waals surface area contributed by atoms with Gasteiger partial charge in [-0.1, -0.05) is 12.1 Å². The lowest BCUT2D eigenvalue weighted by atomic mass is 9.96. The zero-order valence-electron chi connectivity index (χ0n) is 14.9. The van der Waals surface area contributed by atoms with Gasteiger partial charge in [0.25, 0.3) is 5.91 Å². The molecule has 26 heavy (non-hydrogen) atoms. The molecule has 3 aliphatic rings. The summed E-state index contributed by atoms with van der Waals surface area (Å²) >= 11 is 0. The van der Waals surface area contributed by atoms with Crippen LogP contribution < -0.4 is 10.2 Å². The van der Waals surface area contributed by atoms with Gasteiger partial charge >= 0.3 is 6.03 Å². The number of urea groups is 1. The number of benzene rings is 1. The van der Waals surface area contributed by atoms with Crippen LogP contribution >= 0.6 is 0 Å². The fraction of sp³-hybridized carbons (Fsp3) is 0.474. The molecular weight excluding hydrogens is 335 g/mol. The smallest absolute Gasteiger partial charge is 0.322 e. The summed E-state index contributed by atoms with van der Waals surface area (Å²) in [5.41, 5.74) is 2.08. The van der Waals surface area contributed by atoms with E-state index in [1.54, 1.807) is 24.1 Å². The number of rotatable bonds is 4. The minimum absolute atomic E-state index is 0.0280. The molecule has 1 saturated heterocycles. The Balaban J connectivity index is 1.57. The summed E-state index contributed by atoms with van der Waals surface area (Å²) in [6.45, 7) is 4.45. The van der Waals surface area contributed by atoms with Crippen molar-refractivity contribution in [3.8, 4) is 0 Å². The number of likely N-dealkylation sites (N-methyl/N-ethyl adjacent to an activating group) is 1. The van der Waals surface area contributed by atoms with Gasteiger partial charge in [0.05, 0.1) is 50.0 Å². The number of carbonyl (C=O) groups excluding carboxylic acids is 2. The van der Waals surface area contributed by atoms with E-state index in [2.05, 4.69) is 5.32 Å². The van der Waals surface area contributed by atoms with Gasteiger partial charge in [-0.25, -0.2) is 9.18 Å². The Bertz CT molecular complexity index is 755. The average Bonchev–Trinajstić information content (AvgIpc) is 3.26. The Morgan fingerprint density at radius 3 is 2.58 bits per heavy atom. The van der Waals surface area contributed by atoms with Crippen molar-refractivity contribution in [1.29, 1.82) is 0 Å². The summed E-state index contributed by atoms with van der Waals surface area (Å²) in [5, 5.41) is 2.88. The van der Waals surface area contributed by atoms with E-state index in [0.717, 1.165) is 17.8 Å². The van der Waals surface area contributed by atoms with Crippen LogP contribution in [0.25, 0.3) is 0 Å². The number of amides is 3. The number of likely N-dealkylation sites (tertiary alicyclic amines) is 1. The van der Waals surface area contributed by atoms with Crippen molar-refractivity contribution in [1.82, 2.24) is 15.1 Å². The molecule has 0 radical (unpaired) electrons. The number of halogens is 1. The Kier molecular flexibility index (Phi) is 4.40. The zero-order valence-corrected chi connectivity index (χ0v) is 14.9. The van der Waals surface area contributed by atoms with E-state index in [0.29, 0.717) is 18.7 Å². The molecule has 1 atom stereocenters. The third-order valence-corrected chi connectivity index (χ3v) is 5.68. The highest BCUT2D eigenvalue weighted by atomic mass is 19.1. The topological polar surface area (TPSA) is 57.1 Å². The summed E-state index contributed by atoms with van der Waals surface area (Å²) < 4.78 is 13.3. The van der Waals surface area contributed by atoms with E-state index in [9.17, 15) is 14.0 Å². The average molecular weight is 359 g/mol. The van der Waals surface area contributed by atoms with Crippen molar-refractivity contribution in [2.75, 3.05) is 39.8 Å². The largest absolute Gasteiger partial charge is 0.333 e. The van der Waals surface area contributed by atoms with Gasteiger partial charge in [-0.05, 0) is 17.7 Å². The zero-order chi connectivity index (χ0) is 18.3. The molecule has 3 heterocycles. The molecule has 3 aliphatic heterocycles. The van der Waals surface area contributed by atoms with Crippen molar-refractivity contribution >= 4 is 11.9 Å². The van der Waals surface area contributed by atoms with E-state index in [1.807, 2.05) is 4.90 Å². The maximum Gasteiger partial charge on any atom is 0.322 e. The lowest BCUT2D eigenvalue weighted by Crippen LogP contribution is -3.10. The van der Waals surface area contributed by atoms with Crippen LogP contribution in [0.5, 0.6) is 0 Å². The molecule has 0 bridgehead atoms. The van der Waals surface area contributed by atoms with Crippen molar-refractivity contribution in [2.24, 2.45) is 0 Å².